The minimum absolute atomic E-state index is 0.224. The Morgan fingerprint density at radius 1 is 1.08 bits per heavy atom. The van der Waals surface area contributed by atoms with E-state index < -0.39 is 5.60 Å². The molecule has 6 heteroatoms. The summed E-state index contributed by atoms with van der Waals surface area (Å²) in [6, 6.07) is 16.3. The van der Waals surface area contributed by atoms with E-state index in [2.05, 4.69) is 16.0 Å². The second-order valence-corrected chi connectivity index (χ2v) is 6.55. The molecule has 2 aromatic rings. The minimum atomic E-state index is -0.860. The summed E-state index contributed by atoms with van der Waals surface area (Å²) >= 11 is 0. The lowest BCUT2D eigenvalue weighted by Crippen LogP contribution is -2.44. The first-order valence-electron chi connectivity index (χ1n) is 8.95. The summed E-state index contributed by atoms with van der Waals surface area (Å²) in [5.74, 6) is 1.26. The molecule has 26 heavy (non-hydrogen) atoms. The fourth-order valence-corrected chi connectivity index (χ4v) is 2.98. The average Bonchev–Trinajstić information content (AvgIpc) is 2.88. The summed E-state index contributed by atoms with van der Waals surface area (Å²) in [7, 11) is 0. The number of nitrogens with one attached hydrogen (secondary N) is 3. The van der Waals surface area contributed by atoms with Gasteiger partial charge >= 0.3 is 6.03 Å². The Kier molecular flexibility index (Phi) is 6.09. The Balaban J connectivity index is 1.59. The summed E-state index contributed by atoms with van der Waals surface area (Å²) in [5, 5.41) is 19.4. The molecule has 2 amide bonds. The fourth-order valence-electron chi connectivity index (χ4n) is 2.98. The van der Waals surface area contributed by atoms with Crippen LogP contribution in [0.15, 0.2) is 54.6 Å². The lowest BCUT2D eigenvalue weighted by atomic mass is 9.95. The van der Waals surface area contributed by atoms with E-state index in [1.807, 2.05) is 42.5 Å². The van der Waals surface area contributed by atoms with E-state index in [-0.39, 0.29) is 12.6 Å². The van der Waals surface area contributed by atoms with E-state index >= 15 is 0 Å². The van der Waals surface area contributed by atoms with Crippen LogP contribution in [0.1, 0.15) is 19.3 Å². The Morgan fingerprint density at radius 3 is 2.69 bits per heavy atom. The van der Waals surface area contributed by atoms with Crippen molar-refractivity contribution in [3.05, 3.63) is 54.6 Å². The standard InChI is InChI=1S/C20H25N3O3/c24-19(22-15-20(25)11-6-13-21-14-12-20)23-17-9-4-5-10-18(17)26-16-7-2-1-3-8-16/h1-5,7-10,21,25H,6,11-15H2,(H2,22,23,24)/t20-/m0/s1. The zero-order valence-electron chi connectivity index (χ0n) is 14.7. The molecule has 4 N–H and O–H groups in total. The van der Waals surface area contributed by atoms with Crippen molar-refractivity contribution in [1.29, 1.82) is 0 Å². The Labute approximate surface area is 153 Å². The molecule has 1 heterocycles. The number of hydrogen-bond acceptors (Lipinski definition) is 4. The zero-order chi connectivity index (χ0) is 18.2. The third-order valence-corrected chi connectivity index (χ3v) is 4.45. The first kappa shape index (κ1) is 18.2. The van der Waals surface area contributed by atoms with Gasteiger partial charge in [0.25, 0.3) is 0 Å². The van der Waals surface area contributed by atoms with E-state index in [1.165, 1.54) is 0 Å². The molecule has 3 rings (SSSR count). The van der Waals surface area contributed by atoms with Gasteiger partial charge in [-0.3, -0.25) is 0 Å². The number of urea groups is 1. The summed E-state index contributed by atoms with van der Waals surface area (Å²) in [6.07, 6.45) is 2.20. The van der Waals surface area contributed by atoms with Gasteiger partial charge in [0.15, 0.2) is 5.75 Å². The van der Waals surface area contributed by atoms with Crippen molar-refractivity contribution in [2.24, 2.45) is 0 Å². The van der Waals surface area contributed by atoms with E-state index in [9.17, 15) is 9.90 Å². The molecular formula is C20H25N3O3. The van der Waals surface area contributed by atoms with Crippen molar-refractivity contribution in [2.75, 3.05) is 25.0 Å². The molecule has 1 aliphatic heterocycles. The lowest BCUT2D eigenvalue weighted by molar-refractivity contribution is 0.0312. The number of rotatable bonds is 5. The largest absolute Gasteiger partial charge is 0.455 e. The molecule has 0 unspecified atom stereocenters. The summed E-state index contributed by atoms with van der Waals surface area (Å²) < 4.78 is 5.84. The Hall–Kier alpha value is -2.57. The molecule has 6 nitrogen and oxygen atoms in total. The van der Waals surface area contributed by atoms with Crippen molar-refractivity contribution in [1.82, 2.24) is 10.6 Å². The van der Waals surface area contributed by atoms with Crippen LogP contribution in [0.25, 0.3) is 0 Å². The van der Waals surface area contributed by atoms with Gasteiger partial charge < -0.3 is 25.8 Å². The van der Waals surface area contributed by atoms with Gasteiger partial charge in [-0.05, 0) is 56.6 Å². The number of anilines is 1. The second-order valence-electron chi connectivity index (χ2n) is 6.55. The first-order chi connectivity index (χ1) is 12.6. The number of aliphatic hydroxyl groups is 1. The SMILES string of the molecule is O=C(NC[C@]1(O)CCCNCC1)Nc1ccccc1Oc1ccccc1. The van der Waals surface area contributed by atoms with Gasteiger partial charge in [-0.15, -0.1) is 0 Å². The van der Waals surface area contributed by atoms with E-state index in [4.69, 9.17) is 4.74 Å². The number of hydrogen-bond donors (Lipinski definition) is 4. The van der Waals surface area contributed by atoms with Crippen molar-refractivity contribution in [3.8, 4) is 11.5 Å². The third kappa shape index (κ3) is 5.21. The minimum Gasteiger partial charge on any atom is -0.455 e. The van der Waals surface area contributed by atoms with Crippen molar-refractivity contribution in [2.45, 2.75) is 24.9 Å². The number of carbonyl (C=O) groups is 1. The molecule has 0 aromatic heterocycles. The molecule has 1 atom stereocenters. The Bertz CT molecular complexity index is 713. The van der Waals surface area contributed by atoms with Gasteiger partial charge in [0.2, 0.25) is 0 Å². The third-order valence-electron chi connectivity index (χ3n) is 4.45. The van der Waals surface area contributed by atoms with Crippen LogP contribution in [0.3, 0.4) is 0 Å². The first-order valence-corrected chi connectivity index (χ1v) is 8.95. The maximum Gasteiger partial charge on any atom is 0.319 e. The summed E-state index contributed by atoms with van der Waals surface area (Å²) in [6.45, 7) is 1.88. The number of ether oxygens (including phenoxy) is 1. The van der Waals surface area contributed by atoms with Crippen LogP contribution in [0, 0.1) is 0 Å². The highest BCUT2D eigenvalue weighted by atomic mass is 16.5. The quantitative estimate of drug-likeness (QED) is 0.664. The van der Waals surface area contributed by atoms with Crippen LogP contribution >= 0.6 is 0 Å². The van der Waals surface area contributed by atoms with Crippen molar-refractivity contribution < 1.29 is 14.6 Å². The molecule has 1 saturated heterocycles. The maximum absolute atomic E-state index is 12.3. The molecule has 0 bridgehead atoms. The summed E-state index contributed by atoms with van der Waals surface area (Å²) in [4.78, 5) is 12.3. The maximum atomic E-state index is 12.3. The van der Waals surface area contributed by atoms with Crippen LogP contribution in [0.2, 0.25) is 0 Å². The van der Waals surface area contributed by atoms with Gasteiger partial charge in [-0.1, -0.05) is 30.3 Å². The van der Waals surface area contributed by atoms with Gasteiger partial charge in [0.1, 0.15) is 5.75 Å². The van der Waals surface area contributed by atoms with Gasteiger partial charge in [-0.2, -0.15) is 0 Å². The molecule has 138 valence electrons. The highest BCUT2D eigenvalue weighted by molar-refractivity contribution is 5.91. The molecule has 2 aromatic carbocycles. The number of carbonyl (C=O) groups excluding carboxylic acids is 1. The van der Waals surface area contributed by atoms with E-state index in [0.29, 0.717) is 30.0 Å². The smallest absolute Gasteiger partial charge is 0.319 e. The molecule has 0 spiro atoms. The van der Waals surface area contributed by atoms with Crippen LogP contribution in [-0.2, 0) is 0 Å². The highest BCUT2D eigenvalue weighted by Gasteiger charge is 2.28. The van der Waals surface area contributed by atoms with E-state index in [0.717, 1.165) is 19.5 Å². The lowest BCUT2D eigenvalue weighted by Gasteiger charge is -2.26. The summed E-state index contributed by atoms with van der Waals surface area (Å²) in [5.41, 5.74) is -0.288. The van der Waals surface area contributed by atoms with Crippen LogP contribution in [0.4, 0.5) is 10.5 Å². The van der Waals surface area contributed by atoms with Crippen molar-refractivity contribution in [3.63, 3.8) is 0 Å². The predicted molar refractivity (Wildman–Crippen MR) is 102 cm³/mol. The topological polar surface area (TPSA) is 82.6 Å². The number of para-hydroxylation sites is 3. The fraction of sp³-hybridized carbons (Fsp3) is 0.350. The Morgan fingerprint density at radius 2 is 1.85 bits per heavy atom. The van der Waals surface area contributed by atoms with Crippen LogP contribution < -0.4 is 20.7 Å². The monoisotopic (exact) mass is 355 g/mol. The molecule has 0 saturated carbocycles. The zero-order valence-corrected chi connectivity index (χ0v) is 14.7. The number of amides is 2. The average molecular weight is 355 g/mol. The molecule has 1 aliphatic rings. The van der Waals surface area contributed by atoms with Crippen molar-refractivity contribution >= 4 is 11.7 Å². The van der Waals surface area contributed by atoms with E-state index in [1.54, 1.807) is 12.1 Å². The molecule has 0 radical (unpaired) electrons. The normalized spacial score (nSPS) is 20.0. The van der Waals surface area contributed by atoms with Crippen LogP contribution in [-0.4, -0.2) is 36.4 Å². The number of benzene rings is 2. The predicted octanol–water partition coefficient (Wildman–Crippen LogP) is 3.11. The van der Waals surface area contributed by atoms with Crippen LogP contribution in [0.5, 0.6) is 11.5 Å². The second kappa shape index (κ2) is 8.69. The van der Waals surface area contributed by atoms with Gasteiger partial charge in [-0.25, -0.2) is 4.79 Å². The molecular weight excluding hydrogens is 330 g/mol. The van der Waals surface area contributed by atoms with Gasteiger partial charge in [0, 0.05) is 6.54 Å². The molecule has 0 aliphatic carbocycles. The highest BCUT2D eigenvalue weighted by Crippen LogP contribution is 2.29. The van der Waals surface area contributed by atoms with Gasteiger partial charge in [0.05, 0.1) is 11.3 Å². The molecule has 1 fully saturated rings.